The van der Waals surface area contributed by atoms with Gasteiger partial charge in [0.2, 0.25) is 5.78 Å². The highest BCUT2D eigenvalue weighted by Gasteiger charge is 2.28. The standard InChI is InChI=1S/C22H16O5S/c1-2-25-17-7-4-3-6-14(17)12-19-21(23)16-10-9-15(13-18(16)27-19)26-22(24)20-8-5-11-28-20/h3-13H,2H2,1H3/b19-12-. The second kappa shape index (κ2) is 7.70. The van der Waals surface area contributed by atoms with Gasteiger partial charge in [-0.15, -0.1) is 11.3 Å². The molecule has 2 aromatic carbocycles. The van der Waals surface area contributed by atoms with Crippen LogP contribution in [0.2, 0.25) is 0 Å². The fourth-order valence-electron chi connectivity index (χ4n) is 2.81. The molecule has 1 aromatic heterocycles. The Hall–Kier alpha value is -3.38. The number of ether oxygens (including phenoxy) is 3. The molecule has 0 radical (unpaired) electrons. The minimum absolute atomic E-state index is 0.198. The van der Waals surface area contributed by atoms with Crippen molar-refractivity contribution in [2.75, 3.05) is 6.61 Å². The van der Waals surface area contributed by atoms with E-state index >= 15 is 0 Å². The lowest BCUT2D eigenvalue weighted by Gasteiger charge is -2.07. The molecule has 0 N–H and O–H groups in total. The molecular weight excluding hydrogens is 376 g/mol. The Kier molecular flexibility index (Phi) is 4.95. The van der Waals surface area contributed by atoms with Crippen LogP contribution in [0.25, 0.3) is 6.08 Å². The first-order valence-corrected chi connectivity index (χ1v) is 9.59. The molecule has 0 spiro atoms. The van der Waals surface area contributed by atoms with Gasteiger partial charge in [0, 0.05) is 11.6 Å². The summed E-state index contributed by atoms with van der Waals surface area (Å²) < 4.78 is 16.7. The molecule has 6 heteroatoms. The van der Waals surface area contributed by atoms with Crippen molar-refractivity contribution in [3.8, 4) is 17.2 Å². The van der Waals surface area contributed by atoms with E-state index in [1.54, 1.807) is 41.8 Å². The fourth-order valence-corrected chi connectivity index (χ4v) is 3.41. The Morgan fingerprint density at radius 2 is 2.00 bits per heavy atom. The maximum atomic E-state index is 12.7. The molecule has 0 saturated carbocycles. The van der Waals surface area contributed by atoms with E-state index < -0.39 is 5.97 Å². The minimum Gasteiger partial charge on any atom is -0.493 e. The summed E-state index contributed by atoms with van der Waals surface area (Å²) in [5.41, 5.74) is 1.18. The predicted molar refractivity (Wildman–Crippen MR) is 106 cm³/mol. The largest absolute Gasteiger partial charge is 0.493 e. The molecule has 0 atom stereocenters. The van der Waals surface area contributed by atoms with Gasteiger partial charge < -0.3 is 14.2 Å². The average molecular weight is 392 g/mol. The summed E-state index contributed by atoms with van der Waals surface area (Å²) in [6.45, 7) is 2.42. The SMILES string of the molecule is CCOc1ccccc1/C=C1\Oc2cc(OC(=O)c3cccs3)ccc2C1=O. The van der Waals surface area contributed by atoms with Crippen molar-refractivity contribution in [3.63, 3.8) is 0 Å². The number of benzene rings is 2. The first-order valence-electron chi connectivity index (χ1n) is 8.71. The van der Waals surface area contributed by atoms with Crippen LogP contribution in [0.15, 0.2) is 65.7 Å². The third kappa shape index (κ3) is 3.54. The molecule has 1 aliphatic heterocycles. The summed E-state index contributed by atoms with van der Waals surface area (Å²) in [5, 5.41) is 1.80. The van der Waals surface area contributed by atoms with Gasteiger partial charge in [0.05, 0.1) is 12.2 Å². The number of esters is 1. The minimum atomic E-state index is -0.444. The Labute approximate surface area is 165 Å². The molecule has 1 aliphatic rings. The summed E-state index contributed by atoms with van der Waals surface area (Å²) in [7, 11) is 0. The number of hydrogen-bond donors (Lipinski definition) is 0. The zero-order valence-corrected chi connectivity index (χ0v) is 15.8. The van der Waals surface area contributed by atoms with Gasteiger partial charge in [0.25, 0.3) is 0 Å². The molecule has 0 bridgehead atoms. The predicted octanol–water partition coefficient (Wildman–Crippen LogP) is 4.98. The van der Waals surface area contributed by atoms with Gasteiger partial charge in [-0.1, -0.05) is 24.3 Å². The summed E-state index contributed by atoms with van der Waals surface area (Å²) in [6.07, 6.45) is 1.66. The van der Waals surface area contributed by atoms with Crippen LogP contribution in [0.1, 0.15) is 32.5 Å². The topological polar surface area (TPSA) is 61.8 Å². The Bertz CT molecular complexity index is 1070. The van der Waals surface area contributed by atoms with E-state index in [0.717, 1.165) is 5.56 Å². The number of thiophene rings is 1. The zero-order chi connectivity index (χ0) is 19.5. The number of para-hydroxylation sites is 1. The molecule has 2 heterocycles. The summed E-state index contributed by atoms with van der Waals surface area (Å²) in [4.78, 5) is 25.3. The van der Waals surface area contributed by atoms with Crippen LogP contribution in [0.5, 0.6) is 17.2 Å². The normalized spacial score (nSPS) is 13.9. The van der Waals surface area contributed by atoms with E-state index in [4.69, 9.17) is 14.2 Å². The third-order valence-corrected chi connectivity index (χ3v) is 4.93. The van der Waals surface area contributed by atoms with Gasteiger partial charge in [-0.3, -0.25) is 4.79 Å². The first-order chi connectivity index (χ1) is 13.7. The fraction of sp³-hybridized carbons (Fsp3) is 0.0909. The number of carbonyl (C=O) groups excluding carboxylic acids is 2. The Balaban J connectivity index is 1.58. The number of fused-ring (bicyclic) bond motifs is 1. The van der Waals surface area contributed by atoms with Crippen molar-refractivity contribution in [1.29, 1.82) is 0 Å². The molecule has 0 fully saturated rings. The third-order valence-electron chi connectivity index (χ3n) is 4.08. The Morgan fingerprint density at radius 3 is 2.79 bits per heavy atom. The number of ketones is 1. The van der Waals surface area contributed by atoms with Crippen LogP contribution in [0.4, 0.5) is 0 Å². The van der Waals surface area contributed by atoms with Crippen LogP contribution < -0.4 is 14.2 Å². The van der Waals surface area contributed by atoms with Crippen LogP contribution >= 0.6 is 11.3 Å². The lowest BCUT2D eigenvalue weighted by Crippen LogP contribution is -2.06. The zero-order valence-electron chi connectivity index (χ0n) is 15.0. The highest BCUT2D eigenvalue weighted by Crippen LogP contribution is 2.36. The van der Waals surface area contributed by atoms with E-state index in [-0.39, 0.29) is 11.5 Å². The molecule has 140 valence electrons. The van der Waals surface area contributed by atoms with Gasteiger partial charge in [-0.05, 0) is 42.6 Å². The van der Waals surface area contributed by atoms with Gasteiger partial charge >= 0.3 is 5.97 Å². The summed E-state index contributed by atoms with van der Waals surface area (Å²) >= 11 is 1.30. The maximum absolute atomic E-state index is 12.7. The molecule has 4 rings (SSSR count). The molecule has 0 unspecified atom stereocenters. The van der Waals surface area contributed by atoms with E-state index in [1.807, 2.05) is 31.2 Å². The average Bonchev–Trinajstić information content (AvgIpc) is 3.33. The molecule has 0 aliphatic carbocycles. The second-order valence-corrected chi connectivity index (χ2v) is 6.88. The number of allylic oxidation sites excluding steroid dienone is 1. The van der Waals surface area contributed by atoms with Crippen LogP contribution in [-0.2, 0) is 0 Å². The van der Waals surface area contributed by atoms with E-state index in [2.05, 4.69) is 0 Å². The highest BCUT2D eigenvalue weighted by atomic mass is 32.1. The van der Waals surface area contributed by atoms with Crippen LogP contribution in [-0.4, -0.2) is 18.4 Å². The Morgan fingerprint density at radius 1 is 1.14 bits per heavy atom. The van der Waals surface area contributed by atoms with Crippen molar-refractivity contribution >= 4 is 29.2 Å². The van der Waals surface area contributed by atoms with Gasteiger partial charge in [-0.25, -0.2) is 4.79 Å². The molecule has 0 saturated heterocycles. The van der Waals surface area contributed by atoms with Crippen LogP contribution in [0.3, 0.4) is 0 Å². The van der Waals surface area contributed by atoms with Crippen molar-refractivity contribution in [1.82, 2.24) is 0 Å². The van der Waals surface area contributed by atoms with E-state index in [9.17, 15) is 9.59 Å². The smallest absolute Gasteiger partial charge is 0.353 e. The quantitative estimate of drug-likeness (QED) is 0.348. The maximum Gasteiger partial charge on any atom is 0.353 e. The first kappa shape index (κ1) is 18.0. The molecular formula is C22H16O5S. The van der Waals surface area contributed by atoms with Crippen molar-refractivity contribution in [2.24, 2.45) is 0 Å². The molecule has 28 heavy (non-hydrogen) atoms. The van der Waals surface area contributed by atoms with Crippen molar-refractivity contribution < 1.29 is 23.8 Å². The summed E-state index contributed by atoms with van der Waals surface area (Å²) in [5.74, 6) is 0.889. The monoisotopic (exact) mass is 392 g/mol. The summed E-state index contributed by atoms with van der Waals surface area (Å²) in [6, 6.07) is 15.6. The second-order valence-electron chi connectivity index (χ2n) is 5.94. The van der Waals surface area contributed by atoms with Gasteiger partial charge in [0.15, 0.2) is 5.76 Å². The lowest BCUT2D eigenvalue weighted by molar-refractivity contribution is 0.0739. The lowest BCUT2D eigenvalue weighted by atomic mass is 10.1. The van der Waals surface area contributed by atoms with E-state index in [0.29, 0.717) is 34.3 Å². The van der Waals surface area contributed by atoms with Crippen molar-refractivity contribution in [2.45, 2.75) is 6.92 Å². The highest BCUT2D eigenvalue weighted by molar-refractivity contribution is 7.12. The van der Waals surface area contributed by atoms with Crippen LogP contribution in [0, 0.1) is 0 Å². The number of hydrogen-bond acceptors (Lipinski definition) is 6. The van der Waals surface area contributed by atoms with Gasteiger partial charge in [0.1, 0.15) is 22.1 Å². The van der Waals surface area contributed by atoms with Gasteiger partial charge in [-0.2, -0.15) is 0 Å². The number of Topliss-reactive ketones (excluding diaryl/α,β-unsaturated/α-hetero) is 1. The van der Waals surface area contributed by atoms with E-state index in [1.165, 1.54) is 11.3 Å². The van der Waals surface area contributed by atoms with Crippen molar-refractivity contribution in [3.05, 3.63) is 81.7 Å². The molecule has 5 nitrogen and oxygen atoms in total. The number of rotatable bonds is 5. The molecule has 3 aromatic rings. The molecule has 0 amide bonds. The number of carbonyl (C=O) groups is 2.